The number of nitrogens with zero attached hydrogens (tertiary/aromatic N) is 1. The van der Waals surface area contributed by atoms with Gasteiger partial charge in [-0.15, -0.1) is 0 Å². The third kappa shape index (κ3) is 4.09. The highest BCUT2D eigenvalue weighted by Gasteiger charge is 2.31. The van der Waals surface area contributed by atoms with Gasteiger partial charge in [-0.2, -0.15) is 4.31 Å². The van der Waals surface area contributed by atoms with Gasteiger partial charge in [-0.05, 0) is 26.7 Å². The van der Waals surface area contributed by atoms with Gasteiger partial charge in [-0.1, -0.05) is 13.8 Å². The fraction of sp³-hybridized carbons (Fsp3) is 0.900. The zero-order valence-corrected chi connectivity index (χ0v) is 11.1. The number of hydrogen-bond acceptors (Lipinski definition) is 3. The number of sulfonamides is 1. The summed E-state index contributed by atoms with van der Waals surface area (Å²) in [5.41, 5.74) is 0. The van der Waals surface area contributed by atoms with E-state index >= 15 is 0 Å². The van der Waals surface area contributed by atoms with Gasteiger partial charge in [0.05, 0.1) is 0 Å². The molecule has 0 fully saturated rings. The predicted molar refractivity (Wildman–Crippen MR) is 62.8 cm³/mol. The monoisotopic (exact) mass is 251 g/mol. The summed E-state index contributed by atoms with van der Waals surface area (Å²) >= 11 is 0. The second-order valence-corrected chi connectivity index (χ2v) is 5.87. The molecule has 0 amide bonds. The van der Waals surface area contributed by atoms with Crippen LogP contribution in [0.3, 0.4) is 0 Å². The van der Waals surface area contributed by atoms with Crippen molar-refractivity contribution in [3.05, 3.63) is 0 Å². The molecule has 2 atom stereocenters. The Balaban J connectivity index is 5.10. The number of carboxylic acid groups (broad SMARTS) is 1. The van der Waals surface area contributed by atoms with Crippen LogP contribution in [0, 0.1) is 0 Å². The van der Waals surface area contributed by atoms with Gasteiger partial charge in [0, 0.05) is 12.1 Å². The summed E-state index contributed by atoms with van der Waals surface area (Å²) in [6, 6.07) is -0.335. The molecule has 2 unspecified atom stereocenters. The van der Waals surface area contributed by atoms with Gasteiger partial charge in [0.15, 0.2) is 5.75 Å². The summed E-state index contributed by atoms with van der Waals surface area (Å²) in [5.74, 6) is -2.14. The van der Waals surface area contributed by atoms with Crippen molar-refractivity contribution >= 4 is 16.0 Å². The summed E-state index contributed by atoms with van der Waals surface area (Å²) in [4.78, 5) is 10.5. The molecule has 96 valence electrons. The number of carbonyl (C=O) groups is 1. The first-order valence-electron chi connectivity index (χ1n) is 5.49. The van der Waals surface area contributed by atoms with Gasteiger partial charge in [-0.3, -0.25) is 4.79 Å². The molecular formula is C10H21NO4S. The van der Waals surface area contributed by atoms with Crippen molar-refractivity contribution in [1.82, 2.24) is 4.31 Å². The molecule has 5 nitrogen and oxygen atoms in total. The van der Waals surface area contributed by atoms with Gasteiger partial charge in [-0.25, -0.2) is 8.42 Å². The molecule has 0 saturated heterocycles. The fourth-order valence-corrected chi connectivity index (χ4v) is 3.43. The number of hydrogen-bond donors (Lipinski definition) is 1. The Kier molecular flexibility index (Phi) is 5.96. The molecule has 0 aromatic rings. The Labute approximate surface area is 97.5 Å². The van der Waals surface area contributed by atoms with Gasteiger partial charge in [0.2, 0.25) is 10.0 Å². The Hall–Kier alpha value is -0.620. The van der Waals surface area contributed by atoms with Crippen LogP contribution < -0.4 is 0 Å². The van der Waals surface area contributed by atoms with Crippen LogP contribution in [-0.4, -0.2) is 41.6 Å². The minimum Gasteiger partial charge on any atom is -0.480 e. The van der Waals surface area contributed by atoms with E-state index in [0.29, 0.717) is 12.8 Å². The van der Waals surface area contributed by atoms with E-state index in [2.05, 4.69) is 0 Å². The Bertz CT molecular complexity index is 316. The van der Waals surface area contributed by atoms with Crippen molar-refractivity contribution in [3.63, 3.8) is 0 Å². The van der Waals surface area contributed by atoms with Crippen molar-refractivity contribution in [2.75, 3.05) is 5.75 Å². The van der Waals surface area contributed by atoms with Crippen LogP contribution in [0.1, 0.15) is 40.5 Å². The molecule has 0 bridgehead atoms. The second-order valence-electron chi connectivity index (χ2n) is 3.99. The summed E-state index contributed by atoms with van der Waals surface area (Å²) in [5, 5.41) is 8.60. The molecule has 0 saturated carbocycles. The van der Waals surface area contributed by atoms with Crippen molar-refractivity contribution in [2.24, 2.45) is 0 Å². The van der Waals surface area contributed by atoms with Crippen LogP contribution in [-0.2, 0) is 14.8 Å². The van der Waals surface area contributed by atoms with Crippen LogP contribution in [0.15, 0.2) is 0 Å². The average molecular weight is 251 g/mol. The molecule has 0 heterocycles. The molecule has 0 aliphatic rings. The lowest BCUT2D eigenvalue weighted by molar-refractivity contribution is -0.134. The molecule has 0 aliphatic heterocycles. The average Bonchev–Trinajstić information content (AvgIpc) is 2.14. The summed E-state index contributed by atoms with van der Waals surface area (Å²) < 4.78 is 25.1. The first kappa shape index (κ1) is 15.4. The Morgan fingerprint density at radius 3 is 1.81 bits per heavy atom. The standard InChI is InChI=1S/C10H21NO4S/c1-5-8(3)11(9(4)6-2)16(14,15)7-10(12)13/h8-9H,5-7H2,1-4H3,(H,12,13). The van der Waals surface area contributed by atoms with Crippen LogP contribution in [0.4, 0.5) is 0 Å². The molecule has 1 N–H and O–H groups in total. The lowest BCUT2D eigenvalue weighted by Crippen LogP contribution is -2.46. The van der Waals surface area contributed by atoms with E-state index in [-0.39, 0.29) is 12.1 Å². The van der Waals surface area contributed by atoms with Gasteiger partial charge in [0.25, 0.3) is 0 Å². The van der Waals surface area contributed by atoms with Crippen LogP contribution in [0.25, 0.3) is 0 Å². The third-order valence-corrected chi connectivity index (χ3v) is 4.65. The van der Waals surface area contributed by atoms with Crippen LogP contribution >= 0.6 is 0 Å². The van der Waals surface area contributed by atoms with E-state index in [0.717, 1.165) is 0 Å². The summed E-state index contributed by atoms with van der Waals surface area (Å²) in [7, 11) is -3.71. The number of aliphatic carboxylic acids is 1. The lowest BCUT2D eigenvalue weighted by Gasteiger charge is -2.32. The topological polar surface area (TPSA) is 74.7 Å². The van der Waals surface area contributed by atoms with Crippen molar-refractivity contribution < 1.29 is 18.3 Å². The normalized spacial score (nSPS) is 16.1. The van der Waals surface area contributed by atoms with E-state index in [1.54, 1.807) is 13.8 Å². The number of rotatable bonds is 7. The molecule has 0 aliphatic carbocycles. The highest BCUT2D eigenvalue weighted by atomic mass is 32.2. The first-order valence-corrected chi connectivity index (χ1v) is 7.10. The highest BCUT2D eigenvalue weighted by Crippen LogP contribution is 2.17. The quantitative estimate of drug-likeness (QED) is 0.740. The molecule has 0 radical (unpaired) electrons. The minimum absolute atomic E-state index is 0.167. The highest BCUT2D eigenvalue weighted by molar-refractivity contribution is 7.89. The van der Waals surface area contributed by atoms with E-state index in [9.17, 15) is 13.2 Å². The number of carboxylic acids is 1. The minimum atomic E-state index is -3.71. The summed E-state index contributed by atoms with van der Waals surface area (Å²) in [6.07, 6.45) is 1.34. The maximum atomic E-state index is 11.9. The molecule has 0 aromatic heterocycles. The Morgan fingerprint density at radius 1 is 1.19 bits per heavy atom. The van der Waals surface area contributed by atoms with E-state index in [1.165, 1.54) is 4.31 Å². The van der Waals surface area contributed by atoms with Crippen LogP contribution in [0.5, 0.6) is 0 Å². The van der Waals surface area contributed by atoms with Crippen molar-refractivity contribution in [1.29, 1.82) is 0 Å². The SMILES string of the molecule is CCC(C)N(C(C)CC)S(=O)(=O)CC(=O)O. The molecule has 0 spiro atoms. The lowest BCUT2D eigenvalue weighted by atomic mass is 10.2. The van der Waals surface area contributed by atoms with Gasteiger partial charge >= 0.3 is 5.97 Å². The zero-order valence-electron chi connectivity index (χ0n) is 10.3. The summed E-state index contributed by atoms with van der Waals surface area (Å²) in [6.45, 7) is 7.36. The van der Waals surface area contributed by atoms with Crippen molar-refractivity contribution in [3.8, 4) is 0 Å². The van der Waals surface area contributed by atoms with Crippen molar-refractivity contribution in [2.45, 2.75) is 52.6 Å². The van der Waals surface area contributed by atoms with E-state index in [1.807, 2.05) is 13.8 Å². The largest absolute Gasteiger partial charge is 0.480 e. The maximum Gasteiger partial charge on any atom is 0.320 e. The predicted octanol–water partition coefficient (Wildman–Crippen LogP) is 1.30. The van der Waals surface area contributed by atoms with E-state index < -0.39 is 21.7 Å². The van der Waals surface area contributed by atoms with Gasteiger partial charge < -0.3 is 5.11 Å². The third-order valence-electron chi connectivity index (χ3n) is 2.68. The maximum absolute atomic E-state index is 11.9. The smallest absolute Gasteiger partial charge is 0.320 e. The van der Waals surface area contributed by atoms with Gasteiger partial charge in [0.1, 0.15) is 0 Å². The Morgan fingerprint density at radius 2 is 1.56 bits per heavy atom. The molecule has 0 aromatic carbocycles. The molecule has 6 heteroatoms. The molecular weight excluding hydrogens is 230 g/mol. The van der Waals surface area contributed by atoms with E-state index in [4.69, 9.17) is 5.11 Å². The second kappa shape index (κ2) is 6.20. The fourth-order valence-electron chi connectivity index (χ4n) is 1.57. The first-order chi connectivity index (χ1) is 7.26. The zero-order chi connectivity index (χ0) is 12.9. The molecule has 16 heavy (non-hydrogen) atoms. The van der Waals surface area contributed by atoms with Crippen LogP contribution in [0.2, 0.25) is 0 Å². The molecule has 0 rings (SSSR count).